The molecule has 1 N–H and O–H groups in total. The first-order valence-corrected chi connectivity index (χ1v) is 3.49. The van der Waals surface area contributed by atoms with Gasteiger partial charge in [0.25, 0.3) is 0 Å². The summed E-state index contributed by atoms with van der Waals surface area (Å²) < 4.78 is 4.84. The van der Waals surface area contributed by atoms with Crippen molar-refractivity contribution in [2.24, 2.45) is 0 Å². The van der Waals surface area contributed by atoms with Crippen molar-refractivity contribution in [3.63, 3.8) is 0 Å². The van der Waals surface area contributed by atoms with Gasteiger partial charge in [-0.05, 0) is 12.1 Å². The van der Waals surface area contributed by atoms with Crippen LogP contribution in [0.15, 0.2) is 27.5 Å². The van der Waals surface area contributed by atoms with Gasteiger partial charge in [0.15, 0.2) is 5.58 Å². The van der Waals surface area contributed by atoms with Crippen LogP contribution in [0.4, 0.5) is 0 Å². The standard InChI is InChI=1S/C7H5NO2S/c9-7-8-6-4(10-7)2-1-3-5(6)11/h1-3,11H,(H,8,9). The monoisotopic (exact) mass is 167 g/mol. The van der Waals surface area contributed by atoms with Gasteiger partial charge in [-0.15, -0.1) is 12.6 Å². The van der Waals surface area contributed by atoms with Crippen LogP contribution in [0.1, 0.15) is 0 Å². The van der Waals surface area contributed by atoms with Gasteiger partial charge < -0.3 is 9.52 Å². The number of aromatic nitrogens is 1. The quantitative estimate of drug-likeness (QED) is 0.588. The lowest BCUT2D eigenvalue weighted by molar-refractivity contribution is 0.328. The van der Waals surface area contributed by atoms with E-state index < -0.39 is 0 Å². The summed E-state index contributed by atoms with van der Waals surface area (Å²) >= 11 is 4.13. The smallest absolute Gasteiger partial charge is 0.392 e. The highest BCUT2D eigenvalue weighted by atomic mass is 32.1. The van der Waals surface area contributed by atoms with E-state index in [9.17, 15) is 0 Å². The van der Waals surface area contributed by atoms with Crippen LogP contribution >= 0.6 is 12.6 Å². The average molecular weight is 167 g/mol. The van der Waals surface area contributed by atoms with Gasteiger partial charge in [0.1, 0.15) is 5.52 Å². The Bertz CT molecular complexity index is 396. The minimum absolute atomic E-state index is 0.318. The van der Waals surface area contributed by atoms with E-state index in [4.69, 9.17) is 9.52 Å². The zero-order valence-electron chi connectivity index (χ0n) is 5.48. The van der Waals surface area contributed by atoms with Gasteiger partial charge in [0.05, 0.1) is 0 Å². The maximum atomic E-state index is 8.87. The first-order chi connectivity index (χ1) is 5.27. The molecule has 0 aliphatic rings. The van der Waals surface area contributed by atoms with Gasteiger partial charge in [0.2, 0.25) is 0 Å². The van der Waals surface area contributed by atoms with Gasteiger partial charge >= 0.3 is 6.08 Å². The first kappa shape index (κ1) is 6.54. The molecule has 0 aliphatic heterocycles. The summed E-state index contributed by atoms with van der Waals surface area (Å²) in [6.07, 6.45) is -0.318. The molecule has 11 heavy (non-hydrogen) atoms. The number of rotatable bonds is 0. The zero-order valence-corrected chi connectivity index (χ0v) is 6.38. The molecule has 0 saturated heterocycles. The van der Waals surface area contributed by atoms with Crippen molar-refractivity contribution in [1.29, 1.82) is 0 Å². The summed E-state index contributed by atoms with van der Waals surface area (Å²) in [5.74, 6) is 0. The Kier molecular flexibility index (Phi) is 1.29. The van der Waals surface area contributed by atoms with Crippen LogP contribution in [0.25, 0.3) is 11.1 Å². The maximum absolute atomic E-state index is 8.87. The summed E-state index contributed by atoms with van der Waals surface area (Å²) in [6.45, 7) is 0. The van der Waals surface area contributed by atoms with E-state index in [-0.39, 0.29) is 6.08 Å². The number of thiol groups is 1. The lowest BCUT2D eigenvalue weighted by Gasteiger charge is -1.87. The Morgan fingerprint density at radius 2 is 2.27 bits per heavy atom. The molecule has 0 amide bonds. The molecule has 2 aromatic rings. The molecule has 0 saturated carbocycles. The maximum Gasteiger partial charge on any atom is 0.392 e. The number of aromatic hydroxyl groups is 1. The molecule has 0 fully saturated rings. The number of hydrogen-bond acceptors (Lipinski definition) is 4. The minimum atomic E-state index is -0.318. The van der Waals surface area contributed by atoms with E-state index >= 15 is 0 Å². The Balaban J connectivity index is 2.90. The number of benzene rings is 1. The van der Waals surface area contributed by atoms with E-state index in [0.29, 0.717) is 16.0 Å². The zero-order chi connectivity index (χ0) is 7.84. The van der Waals surface area contributed by atoms with E-state index in [1.54, 1.807) is 18.2 Å². The van der Waals surface area contributed by atoms with Crippen molar-refractivity contribution in [2.45, 2.75) is 4.90 Å². The number of fused-ring (bicyclic) bond motifs is 1. The summed E-state index contributed by atoms with van der Waals surface area (Å²) in [5, 5.41) is 8.87. The fraction of sp³-hybridized carbons (Fsp3) is 0. The molecule has 0 aliphatic carbocycles. The van der Waals surface area contributed by atoms with Crippen LogP contribution in [-0.2, 0) is 0 Å². The second-order valence-corrected chi connectivity index (χ2v) is 2.60. The molecule has 1 heterocycles. The van der Waals surface area contributed by atoms with Crippen molar-refractivity contribution >= 4 is 23.7 Å². The molecule has 0 unspecified atom stereocenters. The van der Waals surface area contributed by atoms with E-state index in [1.165, 1.54) is 0 Å². The molecule has 2 rings (SSSR count). The number of oxazole rings is 1. The molecule has 3 nitrogen and oxygen atoms in total. The van der Waals surface area contributed by atoms with Crippen molar-refractivity contribution in [2.75, 3.05) is 0 Å². The van der Waals surface area contributed by atoms with Gasteiger partial charge in [-0.3, -0.25) is 0 Å². The van der Waals surface area contributed by atoms with Gasteiger partial charge in [-0.2, -0.15) is 4.98 Å². The lowest BCUT2D eigenvalue weighted by Crippen LogP contribution is -1.69. The summed E-state index contributed by atoms with van der Waals surface area (Å²) in [4.78, 5) is 4.43. The number of para-hydroxylation sites is 1. The number of hydrogen-bond donors (Lipinski definition) is 2. The molecule has 4 heteroatoms. The minimum Gasteiger partial charge on any atom is -0.466 e. The Morgan fingerprint density at radius 3 is 3.00 bits per heavy atom. The van der Waals surface area contributed by atoms with E-state index in [2.05, 4.69) is 17.6 Å². The molecule has 56 valence electrons. The second kappa shape index (κ2) is 2.17. The molecule has 0 atom stereocenters. The molecule has 1 aromatic heterocycles. The topological polar surface area (TPSA) is 46.3 Å². The largest absolute Gasteiger partial charge is 0.466 e. The highest BCUT2D eigenvalue weighted by molar-refractivity contribution is 7.80. The fourth-order valence-electron chi connectivity index (χ4n) is 0.922. The molecule has 1 aromatic carbocycles. The van der Waals surface area contributed by atoms with Crippen molar-refractivity contribution in [3.05, 3.63) is 18.2 Å². The van der Waals surface area contributed by atoms with Crippen LogP contribution in [0, 0.1) is 0 Å². The second-order valence-electron chi connectivity index (χ2n) is 2.12. The lowest BCUT2D eigenvalue weighted by atomic mass is 10.3. The SMILES string of the molecule is Oc1nc2c(S)cccc2o1. The third kappa shape index (κ3) is 0.952. The van der Waals surface area contributed by atoms with Crippen LogP contribution < -0.4 is 0 Å². The molecular weight excluding hydrogens is 162 g/mol. The molecule has 0 bridgehead atoms. The predicted octanol–water partition coefficient (Wildman–Crippen LogP) is 1.82. The fourth-order valence-corrected chi connectivity index (χ4v) is 1.17. The average Bonchev–Trinajstić information content (AvgIpc) is 2.31. The third-order valence-electron chi connectivity index (χ3n) is 1.39. The highest BCUT2D eigenvalue weighted by Crippen LogP contribution is 2.24. The Labute approximate surface area is 68.1 Å². The summed E-state index contributed by atoms with van der Waals surface area (Å²) in [7, 11) is 0. The van der Waals surface area contributed by atoms with Crippen LogP contribution in [0.5, 0.6) is 6.08 Å². The molecule has 0 spiro atoms. The Morgan fingerprint density at radius 1 is 1.45 bits per heavy atom. The molecular formula is C7H5NO2S. The molecule has 0 radical (unpaired) electrons. The van der Waals surface area contributed by atoms with E-state index in [1.807, 2.05) is 0 Å². The van der Waals surface area contributed by atoms with Crippen LogP contribution in [0.2, 0.25) is 0 Å². The third-order valence-corrected chi connectivity index (χ3v) is 1.75. The van der Waals surface area contributed by atoms with Crippen LogP contribution in [-0.4, -0.2) is 10.1 Å². The summed E-state index contributed by atoms with van der Waals surface area (Å²) in [5.41, 5.74) is 1.14. The van der Waals surface area contributed by atoms with Crippen molar-refractivity contribution in [1.82, 2.24) is 4.98 Å². The van der Waals surface area contributed by atoms with Gasteiger partial charge in [-0.1, -0.05) is 6.07 Å². The van der Waals surface area contributed by atoms with Crippen LogP contribution in [0.3, 0.4) is 0 Å². The summed E-state index contributed by atoms with van der Waals surface area (Å²) in [6, 6.07) is 5.30. The highest BCUT2D eigenvalue weighted by Gasteiger charge is 2.04. The predicted molar refractivity (Wildman–Crippen MR) is 42.9 cm³/mol. The Hall–Kier alpha value is -1.16. The number of nitrogens with zero attached hydrogens (tertiary/aromatic N) is 1. The first-order valence-electron chi connectivity index (χ1n) is 3.05. The van der Waals surface area contributed by atoms with Gasteiger partial charge in [-0.25, -0.2) is 0 Å². The van der Waals surface area contributed by atoms with E-state index in [0.717, 1.165) is 0 Å². The normalized spacial score (nSPS) is 10.6. The van der Waals surface area contributed by atoms with Crippen molar-refractivity contribution < 1.29 is 9.52 Å². The van der Waals surface area contributed by atoms with Crippen molar-refractivity contribution in [3.8, 4) is 6.08 Å². The van der Waals surface area contributed by atoms with Gasteiger partial charge in [0, 0.05) is 4.90 Å².